The number of nitrogens with zero attached hydrogens (tertiary/aromatic N) is 1. The molecule has 47 heavy (non-hydrogen) atoms. The number of benzene rings is 8. The van der Waals surface area contributed by atoms with Crippen LogP contribution in [0.2, 0.25) is 0 Å². The normalized spacial score (nSPS) is 13.5. The Morgan fingerprint density at radius 3 is 1.89 bits per heavy atom. The van der Waals surface area contributed by atoms with Crippen molar-refractivity contribution in [2.75, 3.05) is 4.90 Å². The van der Waals surface area contributed by atoms with Crippen molar-refractivity contribution in [1.29, 1.82) is 0 Å². The van der Waals surface area contributed by atoms with Gasteiger partial charge in [-0.2, -0.15) is 0 Å². The monoisotopic (exact) mass is 601 g/mol. The molecule has 0 saturated heterocycles. The minimum absolute atomic E-state index is 0.0926. The van der Waals surface area contributed by atoms with Crippen LogP contribution in [-0.4, -0.2) is 0 Å². The molecule has 0 radical (unpaired) electrons. The molecule has 0 spiro atoms. The number of furan rings is 1. The van der Waals surface area contributed by atoms with Crippen molar-refractivity contribution in [2.45, 2.75) is 19.3 Å². The van der Waals surface area contributed by atoms with Crippen molar-refractivity contribution in [3.05, 3.63) is 163 Å². The van der Waals surface area contributed by atoms with Gasteiger partial charge in [0.25, 0.3) is 0 Å². The Labute approximate surface area is 273 Å². The summed E-state index contributed by atoms with van der Waals surface area (Å²) in [6.45, 7) is 4.71. The molecule has 1 heterocycles. The van der Waals surface area contributed by atoms with Crippen LogP contribution in [0.4, 0.5) is 17.1 Å². The Kier molecular flexibility index (Phi) is 5.37. The zero-order valence-electron chi connectivity index (χ0n) is 26.3. The molecule has 0 unspecified atom stereocenters. The van der Waals surface area contributed by atoms with Crippen molar-refractivity contribution in [1.82, 2.24) is 0 Å². The Hall–Kier alpha value is -5.86. The molecule has 1 aliphatic carbocycles. The van der Waals surface area contributed by atoms with Crippen molar-refractivity contribution < 1.29 is 4.42 Å². The lowest BCUT2D eigenvalue weighted by Gasteiger charge is -2.29. The molecule has 0 amide bonds. The first-order chi connectivity index (χ1) is 23.1. The van der Waals surface area contributed by atoms with Crippen LogP contribution in [0.3, 0.4) is 0 Å². The van der Waals surface area contributed by atoms with E-state index < -0.39 is 0 Å². The molecule has 8 aromatic carbocycles. The smallest absolute Gasteiger partial charge is 0.136 e. The van der Waals surface area contributed by atoms with E-state index in [1.807, 2.05) is 6.07 Å². The van der Waals surface area contributed by atoms with Gasteiger partial charge in [0, 0.05) is 38.3 Å². The summed E-state index contributed by atoms with van der Waals surface area (Å²) in [4.78, 5) is 2.45. The van der Waals surface area contributed by atoms with Crippen molar-refractivity contribution in [2.24, 2.45) is 0 Å². The number of anilines is 3. The summed E-state index contributed by atoms with van der Waals surface area (Å²) in [6.07, 6.45) is 0. The zero-order chi connectivity index (χ0) is 31.3. The van der Waals surface area contributed by atoms with E-state index in [0.29, 0.717) is 0 Å². The highest BCUT2D eigenvalue weighted by Crippen LogP contribution is 2.52. The van der Waals surface area contributed by atoms with E-state index in [1.165, 1.54) is 60.0 Å². The average molecular weight is 602 g/mol. The zero-order valence-corrected chi connectivity index (χ0v) is 26.3. The molecule has 9 aromatic rings. The van der Waals surface area contributed by atoms with Gasteiger partial charge in [0.1, 0.15) is 11.2 Å². The number of para-hydroxylation sites is 2. The van der Waals surface area contributed by atoms with E-state index in [0.717, 1.165) is 33.6 Å². The molecule has 10 rings (SSSR count). The molecule has 1 aromatic heterocycles. The first kappa shape index (κ1) is 26.4. The highest BCUT2D eigenvalue weighted by molar-refractivity contribution is 6.36. The van der Waals surface area contributed by atoms with Crippen LogP contribution < -0.4 is 4.90 Å². The maximum atomic E-state index is 6.37. The topological polar surface area (TPSA) is 16.4 Å². The summed E-state index contributed by atoms with van der Waals surface area (Å²) in [5, 5.41) is 9.77. The fourth-order valence-electron chi connectivity index (χ4n) is 8.31. The van der Waals surface area contributed by atoms with Gasteiger partial charge in [-0.1, -0.05) is 117 Å². The summed E-state index contributed by atoms with van der Waals surface area (Å²) in [7, 11) is 0. The van der Waals surface area contributed by atoms with Gasteiger partial charge >= 0.3 is 0 Å². The van der Waals surface area contributed by atoms with E-state index >= 15 is 0 Å². The molecular formula is C45H31NO. The minimum Gasteiger partial charge on any atom is -0.456 e. The number of rotatable bonds is 3. The SMILES string of the molecule is CC1(C)c2ccccc2-c2ccc(N(c3ccccc3)c3cccc4c5ccc6oc7ccccc7c6c5c5ccccc5c34)cc21. The van der Waals surface area contributed by atoms with Crippen LogP contribution in [0.1, 0.15) is 25.0 Å². The van der Waals surface area contributed by atoms with Gasteiger partial charge in [-0.25, -0.2) is 0 Å². The Bertz CT molecular complexity index is 2690. The molecular weight excluding hydrogens is 571 g/mol. The third-order valence-corrected chi connectivity index (χ3v) is 10.4. The van der Waals surface area contributed by atoms with Crippen LogP contribution in [0.5, 0.6) is 0 Å². The van der Waals surface area contributed by atoms with Crippen LogP contribution in [0.25, 0.3) is 65.4 Å². The van der Waals surface area contributed by atoms with E-state index in [9.17, 15) is 0 Å². The minimum atomic E-state index is -0.0926. The molecule has 0 aliphatic heterocycles. The van der Waals surface area contributed by atoms with Gasteiger partial charge in [0.15, 0.2) is 0 Å². The van der Waals surface area contributed by atoms with Gasteiger partial charge in [0.05, 0.1) is 5.69 Å². The standard InChI is InChI=1S/C45H31NO/c1-45(2)37-20-10-8-15-30(37)31-24-23-29(27-38(31)45)46(28-13-4-3-5-14-28)39-21-12-19-33-35-25-26-41-44(36-18-9-11-22-40(36)47-41)43(35)34-17-7-6-16-32(34)42(33)39/h3-27H,1-2H3. The van der Waals surface area contributed by atoms with Crippen molar-refractivity contribution in [3.8, 4) is 11.1 Å². The van der Waals surface area contributed by atoms with Crippen LogP contribution >= 0.6 is 0 Å². The molecule has 0 bridgehead atoms. The molecule has 0 atom stereocenters. The average Bonchev–Trinajstić information content (AvgIpc) is 3.61. The molecule has 1 aliphatic rings. The van der Waals surface area contributed by atoms with Crippen molar-refractivity contribution >= 4 is 71.3 Å². The predicted octanol–water partition coefficient (Wildman–Crippen LogP) is 12.8. The fraction of sp³-hybridized carbons (Fsp3) is 0.0667. The molecule has 222 valence electrons. The van der Waals surface area contributed by atoms with Gasteiger partial charge < -0.3 is 9.32 Å². The predicted molar refractivity (Wildman–Crippen MR) is 198 cm³/mol. The number of hydrogen-bond donors (Lipinski definition) is 0. The van der Waals surface area contributed by atoms with Gasteiger partial charge in [-0.3, -0.25) is 0 Å². The van der Waals surface area contributed by atoms with E-state index in [4.69, 9.17) is 4.42 Å². The van der Waals surface area contributed by atoms with Crippen molar-refractivity contribution in [3.63, 3.8) is 0 Å². The van der Waals surface area contributed by atoms with Gasteiger partial charge in [-0.15, -0.1) is 0 Å². The Morgan fingerprint density at radius 1 is 0.426 bits per heavy atom. The lowest BCUT2D eigenvalue weighted by Crippen LogP contribution is -2.16. The van der Waals surface area contributed by atoms with Crippen LogP contribution in [-0.2, 0) is 5.41 Å². The highest BCUT2D eigenvalue weighted by Gasteiger charge is 2.36. The quantitative estimate of drug-likeness (QED) is 0.187. The highest BCUT2D eigenvalue weighted by atomic mass is 16.3. The maximum absolute atomic E-state index is 6.37. The molecule has 2 heteroatoms. The summed E-state index contributed by atoms with van der Waals surface area (Å²) in [5.74, 6) is 0. The molecule has 0 saturated carbocycles. The van der Waals surface area contributed by atoms with E-state index in [-0.39, 0.29) is 5.41 Å². The molecule has 0 N–H and O–H groups in total. The van der Waals surface area contributed by atoms with Gasteiger partial charge in [-0.05, 0) is 92.3 Å². The van der Waals surface area contributed by atoms with Crippen LogP contribution in [0, 0.1) is 0 Å². The lowest BCUT2D eigenvalue weighted by molar-refractivity contribution is 0.660. The third kappa shape index (κ3) is 3.61. The summed E-state index contributed by atoms with van der Waals surface area (Å²) >= 11 is 0. The largest absolute Gasteiger partial charge is 0.456 e. The third-order valence-electron chi connectivity index (χ3n) is 10.4. The second-order valence-corrected chi connectivity index (χ2v) is 13.3. The second-order valence-electron chi connectivity index (χ2n) is 13.3. The number of hydrogen-bond acceptors (Lipinski definition) is 2. The number of fused-ring (bicyclic) bond motifs is 13. The van der Waals surface area contributed by atoms with E-state index in [1.54, 1.807) is 0 Å². The first-order valence-electron chi connectivity index (χ1n) is 16.4. The van der Waals surface area contributed by atoms with Crippen LogP contribution in [0.15, 0.2) is 156 Å². The lowest BCUT2D eigenvalue weighted by atomic mass is 9.82. The summed E-state index contributed by atoms with van der Waals surface area (Å²) < 4.78 is 6.37. The fourth-order valence-corrected chi connectivity index (χ4v) is 8.31. The molecule has 0 fully saturated rings. The first-order valence-corrected chi connectivity index (χ1v) is 16.4. The Morgan fingerprint density at radius 2 is 1.06 bits per heavy atom. The van der Waals surface area contributed by atoms with Gasteiger partial charge in [0.2, 0.25) is 0 Å². The maximum Gasteiger partial charge on any atom is 0.136 e. The summed E-state index contributed by atoms with van der Waals surface area (Å²) in [5.41, 5.74) is 10.6. The second kappa shape index (κ2) is 9.57. The van der Waals surface area contributed by atoms with E-state index in [2.05, 4.69) is 164 Å². The molecule has 2 nitrogen and oxygen atoms in total. The Balaban J connectivity index is 1.31. The summed E-state index contributed by atoms with van der Waals surface area (Å²) in [6, 6.07) is 55.2.